The second-order valence-corrected chi connectivity index (χ2v) is 2.92. The average Bonchev–Trinajstić information content (AvgIpc) is 2.11. The van der Waals surface area contributed by atoms with Gasteiger partial charge in [0, 0.05) is 11.6 Å². The molecule has 1 unspecified atom stereocenters. The van der Waals surface area contributed by atoms with Gasteiger partial charge in [-0.3, -0.25) is 4.79 Å². The van der Waals surface area contributed by atoms with E-state index in [9.17, 15) is 4.79 Å². The molecule has 0 saturated heterocycles. The first-order valence-electron chi connectivity index (χ1n) is 4.46. The topological polar surface area (TPSA) is 46.5 Å². The van der Waals surface area contributed by atoms with Gasteiger partial charge < -0.3 is 9.84 Å². The third kappa shape index (κ3) is 2.42. The Morgan fingerprint density at radius 2 is 2.46 bits per heavy atom. The number of rotatable bonds is 3. The Morgan fingerprint density at radius 3 is 3.08 bits per heavy atom. The van der Waals surface area contributed by atoms with Crippen molar-refractivity contribution in [1.29, 1.82) is 0 Å². The van der Waals surface area contributed by atoms with Gasteiger partial charge >= 0.3 is 0 Å². The highest BCUT2D eigenvalue weighted by atomic mass is 16.5. The van der Waals surface area contributed by atoms with Gasteiger partial charge in [-0.25, -0.2) is 0 Å². The van der Waals surface area contributed by atoms with E-state index in [1.54, 1.807) is 0 Å². The summed E-state index contributed by atoms with van der Waals surface area (Å²) in [5.41, 5.74) is 0.576. The van der Waals surface area contributed by atoms with Crippen LogP contribution in [-0.2, 0) is 9.53 Å². The second-order valence-electron chi connectivity index (χ2n) is 2.92. The zero-order valence-corrected chi connectivity index (χ0v) is 7.69. The minimum absolute atomic E-state index is 0.0567. The molecule has 0 aromatic heterocycles. The summed E-state index contributed by atoms with van der Waals surface area (Å²) in [6.45, 7) is 1.92. The van der Waals surface area contributed by atoms with Crippen molar-refractivity contribution >= 4 is 5.78 Å². The Balaban J connectivity index is 2.77. The summed E-state index contributed by atoms with van der Waals surface area (Å²) >= 11 is 0. The number of carbonyl (C=O) groups is 1. The van der Waals surface area contributed by atoms with E-state index in [4.69, 9.17) is 9.84 Å². The SMILES string of the molecule is CCCC1OC=CC(=O)C1=CCO. The van der Waals surface area contributed by atoms with Crippen LogP contribution in [0.4, 0.5) is 0 Å². The van der Waals surface area contributed by atoms with Crippen LogP contribution < -0.4 is 0 Å². The summed E-state index contributed by atoms with van der Waals surface area (Å²) in [5.74, 6) is -0.0567. The molecule has 0 amide bonds. The predicted molar refractivity (Wildman–Crippen MR) is 49.1 cm³/mol. The largest absolute Gasteiger partial charge is 0.493 e. The average molecular weight is 182 g/mol. The maximum atomic E-state index is 11.3. The van der Waals surface area contributed by atoms with Crippen molar-refractivity contribution < 1.29 is 14.6 Å². The van der Waals surface area contributed by atoms with E-state index in [1.165, 1.54) is 18.4 Å². The third-order valence-electron chi connectivity index (χ3n) is 1.96. The summed E-state index contributed by atoms with van der Waals surface area (Å²) in [4.78, 5) is 11.3. The van der Waals surface area contributed by atoms with Gasteiger partial charge in [0.2, 0.25) is 0 Å². The van der Waals surface area contributed by atoms with Crippen LogP contribution in [0.5, 0.6) is 0 Å². The second kappa shape index (κ2) is 4.82. The lowest BCUT2D eigenvalue weighted by Crippen LogP contribution is -2.22. The highest BCUT2D eigenvalue weighted by Crippen LogP contribution is 2.18. The van der Waals surface area contributed by atoms with E-state index in [2.05, 4.69) is 0 Å². The molecule has 1 atom stereocenters. The van der Waals surface area contributed by atoms with Crippen LogP contribution in [0.15, 0.2) is 24.0 Å². The van der Waals surface area contributed by atoms with Gasteiger partial charge in [-0.15, -0.1) is 0 Å². The zero-order chi connectivity index (χ0) is 9.68. The molecule has 3 nitrogen and oxygen atoms in total. The maximum absolute atomic E-state index is 11.3. The fraction of sp³-hybridized carbons (Fsp3) is 0.500. The number of allylic oxidation sites excluding steroid dienone is 1. The maximum Gasteiger partial charge on any atom is 0.188 e. The molecule has 0 spiro atoms. The van der Waals surface area contributed by atoms with Gasteiger partial charge in [0.15, 0.2) is 5.78 Å². The van der Waals surface area contributed by atoms with E-state index in [0.717, 1.165) is 12.8 Å². The lowest BCUT2D eigenvalue weighted by molar-refractivity contribution is -0.113. The molecule has 0 aromatic rings. The third-order valence-corrected chi connectivity index (χ3v) is 1.96. The molecular weight excluding hydrogens is 168 g/mol. The molecule has 0 saturated carbocycles. The van der Waals surface area contributed by atoms with Crippen LogP contribution in [-0.4, -0.2) is 23.6 Å². The highest BCUT2D eigenvalue weighted by Gasteiger charge is 2.22. The Bertz CT molecular complexity index is 241. The molecule has 13 heavy (non-hydrogen) atoms. The van der Waals surface area contributed by atoms with Gasteiger partial charge in [-0.2, -0.15) is 0 Å². The molecule has 3 heteroatoms. The Hall–Kier alpha value is -1.09. The number of aliphatic hydroxyl groups is 1. The van der Waals surface area contributed by atoms with E-state index in [-0.39, 0.29) is 18.5 Å². The van der Waals surface area contributed by atoms with Crippen LogP contribution in [0.1, 0.15) is 19.8 Å². The van der Waals surface area contributed by atoms with Crippen LogP contribution in [0, 0.1) is 0 Å². The van der Waals surface area contributed by atoms with Crippen LogP contribution in [0.3, 0.4) is 0 Å². The van der Waals surface area contributed by atoms with Crippen LogP contribution in [0.25, 0.3) is 0 Å². The summed E-state index contributed by atoms with van der Waals surface area (Å²) in [7, 11) is 0. The molecule has 0 radical (unpaired) electrons. The molecular formula is C10H14O3. The zero-order valence-electron chi connectivity index (χ0n) is 7.69. The Labute approximate surface area is 77.7 Å². The van der Waals surface area contributed by atoms with Crippen molar-refractivity contribution in [2.24, 2.45) is 0 Å². The van der Waals surface area contributed by atoms with Gasteiger partial charge in [0.1, 0.15) is 6.10 Å². The van der Waals surface area contributed by atoms with Gasteiger partial charge in [0.25, 0.3) is 0 Å². The van der Waals surface area contributed by atoms with Crippen molar-refractivity contribution in [3.63, 3.8) is 0 Å². The number of ether oxygens (including phenoxy) is 1. The Morgan fingerprint density at radius 1 is 1.69 bits per heavy atom. The first-order valence-corrected chi connectivity index (χ1v) is 4.46. The molecule has 0 aromatic carbocycles. The fourth-order valence-corrected chi connectivity index (χ4v) is 1.34. The van der Waals surface area contributed by atoms with E-state index in [0.29, 0.717) is 5.57 Å². The van der Waals surface area contributed by atoms with Crippen LogP contribution >= 0.6 is 0 Å². The van der Waals surface area contributed by atoms with Crippen molar-refractivity contribution in [3.05, 3.63) is 24.0 Å². The van der Waals surface area contributed by atoms with Crippen molar-refractivity contribution in [2.45, 2.75) is 25.9 Å². The normalized spacial score (nSPS) is 24.9. The summed E-state index contributed by atoms with van der Waals surface area (Å²) < 4.78 is 5.27. The number of hydrogen-bond acceptors (Lipinski definition) is 3. The number of ketones is 1. The highest BCUT2D eigenvalue weighted by molar-refractivity contribution is 6.05. The fourth-order valence-electron chi connectivity index (χ4n) is 1.34. The molecule has 0 aliphatic carbocycles. The monoisotopic (exact) mass is 182 g/mol. The summed E-state index contributed by atoms with van der Waals surface area (Å²) in [6, 6.07) is 0. The van der Waals surface area contributed by atoms with Crippen LogP contribution in [0.2, 0.25) is 0 Å². The van der Waals surface area contributed by atoms with Gasteiger partial charge in [0.05, 0.1) is 12.9 Å². The van der Waals surface area contributed by atoms with E-state index < -0.39 is 0 Å². The van der Waals surface area contributed by atoms with Crippen molar-refractivity contribution in [3.8, 4) is 0 Å². The molecule has 1 N–H and O–H groups in total. The molecule has 0 fully saturated rings. The molecule has 1 aliphatic heterocycles. The summed E-state index contributed by atoms with van der Waals surface area (Å²) in [5, 5.41) is 8.71. The van der Waals surface area contributed by atoms with Crippen molar-refractivity contribution in [2.75, 3.05) is 6.61 Å². The van der Waals surface area contributed by atoms with E-state index in [1.807, 2.05) is 6.92 Å². The van der Waals surface area contributed by atoms with Gasteiger partial charge in [-0.1, -0.05) is 13.3 Å². The smallest absolute Gasteiger partial charge is 0.188 e. The molecule has 0 bridgehead atoms. The molecule has 1 aliphatic rings. The molecule has 1 heterocycles. The first-order chi connectivity index (χ1) is 6.29. The van der Waals surface area contributed by atoms with Gasteiger partial charge in [-0.05, 0) is 12.5 Å². The molecule has 1 rings (SSSR count). The lowest BCUT2D eigenvalue weighted by Gasteiger charge is -2.21. The minimum atomic E-state index is -0.172. The lowest BCUT2D eigenvalue weighted by atomic mass is 9.99. The number of hydrogen-bond donors (Lipinski definition) is 1. The molecule has 72 valence electrons. The minimum Gasteiger partial charge on any atom is -0.493 e. The van der Waals surface area contributed by atoms with Crippen molar-refractivity contribution in [1.82, 2.24) is 0 Å². The first kappa shape index (κ1) is 9.99. The van der Waals surface area contributed by atoms with E-state index >= 15 is 0 Å². The summed E-state index contributed by atoms with van der Waals surface area (Å²) in [6.07, 6.45) is 5.92. The standard InChI is InChI=1S/C10H14O3/c1-2-3-10-8(4-6-11)9(12)5-7-13-10/h4-5,7,10-11H,2-3,6H2,1H3. The number of carbonyl (C=O) groups excluding carboxylic acids is 1. The quantitative estimate of drug-likeness (QED) is 0.667. The number of aliphatic hydroxyl groups excluding tert-OH is 1. The predicted octanol–water partition coefficient (Wildman–Crippen LogP) is 1.19. The Kier molecular flexibility index (Phi) is 3.71.